The van der Waals surface area contributed by atoms with Crippen molar-refractivity contribution in [3.63, 3.8) is 0 Å². The van der Waals surface area contributed by atoms with Crippen LogP contribution in [0.2, 0.25) is 0 Å². The first-order valence-electron chi connectivity index (χ1n) is 13.6. The van der Waals surface area contributed by atoms with Gasteiger partial charge in [-0.05, 0) is 63.2 Å². The number of alkyl halides is 3. The Kier molecular flexibility index (Phi) is 10.7. The number of nitrogens with zero attached hydrogens (tertiary/aromatic N) is 2. The second-order valence-electron chi connectivity index (χ2n) is 10.8. The Hall–Kier alpha value is -4.00. The van der Waals surface area contributed by atoms with Crippen molar-refractivity contribution in [3.8, 4) is 5.75 Å². The highest BCUT2D eigenvalue weighted by molar-refractivity contribution is 5.90. The number of fused-ring (bicyclic) bond motifs is 1. The van der Waals surface area contributed by atoms with Crippen molar-refractivity contribution in [1.82, 2.24) is 15.1 Å². The Morgan fingerprint density at radius 2 is 1.74 bits per heavy atom. The molecule has 0 unspecified atom stereocenters. The first kappa shape index (κ1) is 32.5. The van der Waals surface area contributed by atoms with E-state index in [1.807, 2.05) is 20.8 Å². The molecular formula is C29H38F3N5O5. The summed E-state index contributed by atoms with van der Waals surface area (Å²) in [7, 11) is 1.53. The Balaban J connectivity index is 1.83. The number of urea groups is 2. The molecule has 4 N–H and O–H groups in total. The molecule has 5 amide bonds. The number of likely N-dealkylation sites (N-methyl/N-ethyl adjacent to an activating group) is 1. The fraction of sp³-hybridized carbons (Fsp3) is 0.483. The zero-order chi connectivity index (χ0) is 31.2. The summed E-state index contributed by atoms with van der Waals surface area (Å²) >= 11 is 0. The van der Waals surface area contributed by atoms with E-state index in [1.165, 1.54) is 24.1 Å². The number of aliphatic hydroxyl groups excluding tert-OH is 1. The maximum atomic E-state index is 13.3. The zero-order valence-electron chi connectivity index (χ0n) is 24.3. The molecule has 0 saturated carbocycles. The van der Waals surface area contributed by atoms with Crippen molar-refractivity contribution in [3.05, 3.63) is 53.6 Å². The molecule has 1 aliphatic heterocycles. The third-order valence-electron chi connectivity index (χ3n) is 6.86. The minimum absolute atomic E-state index is 0.0370. The third kappa shape index (κ3) is 8.75. The lowest BCUT2D eigenvalue weighted by molar-refractivity contribution is -0.137. The van der Waals surface area contributed by atoms with E-state index in [0.717, 1.165) is 12.1 Å². The number of carbonyl (C=O) groups excluding carboxylic acids is 3. The van der Waals surface area contributed by atoms with E-state index >= 15 is 0 Å². The van der Waals surface area contributed by atoms with E-state index in [-0.39, 0.29) is 49.7 Å². The normalized spacial score (nSPS) is 18.1. The van der Waals surface area contributed by atoms with Crippen molar-refractivity contribution in [1.29, 1.82) is 0 Å². The number of nitrogens with one attached hydrogen (secondary N) is 3. The first-order chi connectivity index (χ1) is 19.7. The minimum atomic E-state index is -4.49. The van der Waals surface area contributed by atoms with Gasteiger partial charge in [-0.3, -0.25) is 4.79 Å². The Morgan fingerprint density at radius 3 is 2.33 bits per heavy atom. The highest BCUT2D eigenvalue weighted by atomic mass is 19.4. The highest BCUT2D eigenvalue weighted by Crippen LogP contribution is 2.31. The Labute approximate surface area is 243 Å². The van der Waals surface area contributed by atoms with Crippen LogP contribution >= 0.6 is 0 Å². The van der Waals surface area contributed by atoms with E-state index < -0.39 is 35.9 Å². The SMILES string of the molecule is CC(C)NC(=O)Nc1ccc2c(c1)CC(=O)N([C@@H](C)CO)C[C@H](C)[C@@H](CN(C)C(=O)Nc1ccc(C(F)(F)F)cc1)O2. The monoisotopic (exact) mass is 593 g/mol. The van der Waals surface area contributed by atoms with Gasteiger partial charge in [0.05, 0.1) is 31.2 Å². The molecule has 1 aliphatic rings. The maximum Gasteiger partial charge on any atom is 0.416 e. The van der Waals surface area contributed by atoms with Crippen LogP contribution in [-0.2, 0) is 17.4 Å². The molecule has 13 heteroatoms. The molecular weight excluding hydrogens is 555 g/mol. The Bertz CT molecular complexity index is 1260. The molecule has 0 spiro atoms. The highest BCUT2D eigenvalue weighted by Gasteiger charge is 2.32. The molecule has 1 heterocycles. The molecule has 0 aromatic heterocycles. The van der Waals surface area contributed by atoms with Gasteiger partial charge in [-0.2, -0.15) is 13.2 Å². The average Bonchev–Trinajstić information content (AvgIpc) is 2.95. The van der Waals surface area contributed by atoms with E-state index in [2.05, 4.69) is 16.0 Å². The topological polar surface area (TPSA) is 123 Å². The number of amides is 5. The molecule has 0 bridgehead atoms. The summed E-state index contributed by atoms with van der Waals surface area (Å²) in [6.07, 6.45) is -5.13. The van der Waals surface area contributed by atoms with Crippen LogP contribution in [0.25, 0.3) is 0 Å². The van der Waals surface area contributed by atoms with Crippen LogP contribution in [0.5, 0.6) is 5.75 Å². The number of anilines is 2. The molecule has 2 aromatic rings. The van der Waals surface area contributed by atoms with Crippen molar-refractivity contribution in [2.24, 2.45) is 5.92 Å². The van der Waals surface area contributed by atoms with Crippen LogP contribution in [0.3, 0.4) is 0 Å². The number of hydrogen-bond donors (Lipinski definition) is 4. The van der Waals surface area contributed by atoms with Gasteiger partial charge in [-0.15, -0.1) is 0 Å². The fourth-order valence-corrected chi connectivity index (χ4v) is 4.47. The molecule has 230 valence electrons. The second-order valence-corrected chi connectivity index (χ2v) is 10.8. The van der Waals surface area contributed by atoms with Crippen molar-refractivity contribution < 1.29 is 37.4 Å². The lowest BCUT2D eigenvalue weighted by atomic mass is 10.0. The third-order valence-corrected chi connectivity index (χ3v) is 6.86. The van der Waals surface area contributed by atoms with Crippen LogP contribution in [0.4, 0.5) is 34.1 Å². The largest absolute Gasteiger partial charge is 0.488 e. The molecule has 0 saturated heterocycles. The summed E-state index contributed by atoms with van der Waals surface area (Å²) in [5.74, 6) is -0.110. The predicted octanol–water partition coefficient (Wildman–Crippen LogP) is 4.55. The number of aliphatic hydroxyl groups is 1. The van der Waals surface area contributed by atoms with Gasteiger partial charge in [0.15, 0.2) is 0 Å². The van der Waals surface area contributed by atoms with E-state index in [4.69, 9.17) is 4.74 Å². The summed E-state index contributed by atoms with van der Waals surface area (Å²) in [5.41, 5.74) is 0.356. The molecule has 10 nitrogen and oxygen atoms in total. The van der Waals surface area contributed by atoms with Gasteiger partial charge in [-0.1, -0.05) is 6.92 Å². The number of rotatable bonds is 7. The summed E-state index contributed by atoms with van der Waals surface area (Å²) in [4.78, 5) is 41.4. The van der Waals surface area contributed by atoms with Gasteiger partial charge in [0.25, 0.3) is 0 Å². The van der Waals surface area contributed by atoms with E-state index in [9.17, 15) is 32.7 Å². The van der Waals surface area contributed by atoms with Crippen molar-refractivity contribution in [2.75, 3.05) is 37.4 Å². The standard InChI is InChI=1S/C29H38F3N5O5/c1-17(2)33-27(40)34-23-10-11-24-20(12-23)13-26(39)37(19(4)16-38)14-18(3)25(42-24)15-36(5)28(41)35-22-8-6-21(7-9-22)29(30,31)32/h6-12,17-19,25,38H,13-16H2,1-5H3,(H,35,41)(H2,33,34,40)/t18-,19-,25+/m0/s1. The van der Waals surface area contributed by atoms with Crippen LogP contribution in [-0.4, -0.2) is 77.8 Å². The molecule has 0 fully saturated rings. The van der Waals surface area contributed by atoms with Gasteiger partial charge < -0.3 is 35.6 Å². The predicted molar refractivity (Wildman–Crippen MR) is 152 cm³/mol. The van der Waals surface area contributed by atoms with Crippen LogP contribution < -0.4 is 20.7 Å². The number of ether oxygens (including phenoxy) is 1. The summed E-state index contributed by atoms with van der Waals surface area (Å²) < 4.78 is 45.0. The maximum absolute atomic E-state index is 13.3. The second kappa shape index (κ2) is 13.8. The lowest BCUT2D eigenvalue weighted by Gasteiger charge is -2.34. The smallest absolute Gasteiger partial charge is 0.416 e. The van der Waals surface area contributed by atoms with Gasteiger partial charge in [-0.25, -0.2) is 9.59 Å². The molecule has 3 atom stereocenters. The van der Waals surface area contributed by atoms with Gasteiger partial charge in [0, 0.05) is 42.5 Å². The minimum Gasteiger partial charge on any atom is -0.488 e. The summed E-state index contributed by atoms with van der Waals surface area (Å²) in [6.45, 7) is 7.34. The van der Waals surface area contributed by atoms with Gasteiger partial charge in [0.1, 0.15) is 11.9 Å². The molecule has 0 aliphatic carbocycles. The summed E-state index contributed by atoms with van der Waals surface area (Å²) in [5, 5.41) is 17.9. The number of hydrogen-bond acceptors (Lipinski definition) is 5. The van der Waals surface area contributed by atoms with Gasteiger partial charge in [0.2, 0.25) is 5.91 Å². The fourth-order valence-electron chi connectivity index (χ4n) is 4.47. The number of benzene rings is 2. The summed E-state index contributed by atoms with van der Waals surface area (Å²) in [6, 6.07) is 7.59. The van der Waals surface area contributed by atoms with E-state index in [1.54, 1.807) is 30.0 Å². The molecule has 2 aromatic carbocycles. The number of carbonyl (C=O) groups is 3. The molecule has 42 heavy (non-hydrogen) atoms. The lowest BCUT2D eigenvalue weighted by Crippen LogP contribution is -2.48. The Morgan fingerprint density at radius 1 is 1.10 bits per heavy atom. The van der Waals surface area contributed by atoms with Crippen molar-refractivity contribution >= 4 is 29.3 Å². The average molecular weight is 594 g/mol. The van der Waals surface area contributed by atoms with Crippen LogP contribution in [0.1, 0.15) is 38.8 Å². The van der Waals surface area contributed by atoms with E-state index in [0.29, 0.717) is 17.0 Å². The van der Waals surface area contributed by atoms with Gasteiger partial charge >= 0.3 is 18.2 Å². The number of halogens is 3. The molecule has 0 radical (unpaired) electrons. The van der Waals surface area contributed by atoms with Crippen LogP contribution in [0.15, 0.2) is 42.5 Å². The quantitative estimate of drug-likeness (QED) is 0.375. The van der Waals surface area contributed by atoms with Crippen LogP contribution in [0, 0.1) is 5.92 Å². The molecule has 3 rings (SSSR count). The van der Waals surface area contributed by atoms with Crippen molar-refractivity contribution in [2.45, 2.75) is 58.5 Å². The first-order valence-corrected chi connectivity index (χ1v) is 13.6. The zero-order valence-corrected chi connectivity index (χ0v) is 24.3.